The van der Waals surface area contributed by atoms with E-state index in [1.165, 1.54) is 11.1 Å². The van der Waals surface area contributed by atoms with Gasteiger partial charge in [0.15, 0.2) is 0 Å². The molecule has 0 saturated heterocycles. The van der Waals surface area contributed by atoms with E-state index in [2.05, 4.69) is 47.0 Å². The molecule has 4 nitrogen and oxygen atoms in total. The van der Waals surface area contributed by atoms with Crippen molar-refractivity contribution in [2.24, 2.45) is 0 Å². The Morgan fingerprint density at radius 3 is 2.52 bits per heavy atom. The lowest BCUT2D eigenvalue weighted by Crippen LogP contribution is -2.17. The van der Waals surface area contributed by atoms with Gasteiger partial charge in [-0.25, -0.2) is 4.98 Å². The van der Waals surface area contributed by atoms with Gasteiger partial charge in [0, 0.05) is 19.3 Å². The maximum absolute atomic E-state index is 5.81. The Kier molecular flexibility index (Phi) is 5.41. The van der Waals surface area contributed by atoms with Gasteiger partial charge in [-0.05, 0) is 49.7 Å². The minimum absolute atomic E-state index is 0.513. The van der Waals surface area contributed by atoms with Crippen LogP contribution in [0.2, 0.25) is 0 Å². The van der Waals surface area contributed by atoms with Crippen LogP contribution in [0.5, 0.6) is 11.6 Å². The molecule has 1 radical (unpaired) electrons. The molecule has 2 aromatic carbocycles. The monoisotopic (exact) mass is 332 g/mol. The van der Waals surface area contributed by atoms with Gasteiger partial charge in [-0.1, -0.05) is 36.4 Å². The molecule has 0 aliphatic rings. The van der Waals surface area contributed by atoms with Gasteiger partial charge >= 0.3 is 0 Å². The molecule has 3 aromatic rings. The molecule has 3 rings (SSSR count). The molecule has 0 bridgehead atoms. The zero-order valence-corrected chi connectivity index (χ0v) is 14.6. The molecule has 1 aromatic heterocycles. The van der Waals surface area contributed by atoms with E-state index in [0.29, 0.717) is 5.88 Å². The summed E-state index contributed by atoms with van der Waals surface area (Å²) in [6.45, 7) is 7.54. The van der Waals surface area contributed by atoms with E-state index in [-0.39, 0.29) is 0 Å². The SMILES string of the molecule is [CH2]c1ccc(CN(C)Cc2cccc(Oc3cncc(C)n3)c2)cc1. The largest absolute Gasteiger partial charge is 0.437 e. The Labute approximate surface area is 149 Å². The van der Waals surface area contributed by atoms with Crippen LogP contribution >= 0.6 is 0 Å². The van der Waals surface area contributed by atoms with Gasteiger partial charge in [-0.2, -0.15) is 0 Å². The zero-order valence-electron chi connectivity index (χ0n) is 14.6. The number of aryl methyl sites for hydroxylation is 1. The summed E-state index contributed by atoms with van der Waals surface area (Å²) < 4.78 is 5.81. The second-order valence-corrected chi connectivity index (χ2v) is 6.24. The number of benzene rings is 2. The average Bonchev–Trinajstić information content (AvgIpc) is 2.57. The van der Waals surface area contributed by atoms with Crippen LogP contribution in [0, 0.1) is 13.8 Å². The topological polar surface area (TPSA) is 38.2 Å². The Morgan fingerprint density at radius 1 is 1.00 bits per heavy atom. The van der Waals surface area contributed by atoms with Crippen molar-refractivity contribution in [3.63, 3.8) is 0 Å². The van der Waals surface area contributed by atoms with Crippen LogP contribution in [0.15, 0.2) is 60.9 Å². The van der Waals surface area contributed by atoms with Gasteiger partial charge in [-0.3, -0.25) is 9.88 Å². The highest BCUT2D eigenvalue weighted by molar-refractivity contribution is 5.31. The van der Waals surface area contributed by atoms with E-state index in [4.69, 9.17) is 4.74 Å². The van der Waals surface area contributed by atoms with E-state index in [0.717, 1.165) is 30.1 Å². The van der Waals surface area contributed by atoms with Crippen LogP contribution in [0.4, 0.5) is 0 Å². The molecular weight excluding hydrogens is 310 g/mol. The summed E-state index contributed by atoms with van der Waals surface area (Å²) in [4.78, 5) is 10.7. The van der Waals surface area contributed by atoms with Crippen molar-refractivity contribution >= 4 is 0 Å². The number of rotatable bonds is 6. The minimum atomic E-state index is 0.513. The van der Waals surface area contributed by atoms with Crippen molar-refractivity contribution in [3.05, 3.63) is 90.2 Å². The Balaban J connectivity index is 1.63. The van der Waals surface area contributed by atoms with Gasteiger partial charge in [0.1, 0.15) is 5.75 Å². The Hall–Kier alpha value is -2.72. The summed E-state index contributed by atoms with van der Waals surface area (Å²) in [6.07, 6.45) is 3.33. The first-order chi connectivity index (χ1) is 12.1. The molecule has 0 aliphatic heterocycles. The fraction of sp³-hybridized carbons (Fsp3) is 0.190. The van der Waals surface area contributed by atoms with Crippen LogP contribution in [0.1, 0.15) is 22.4 Å². The summed E-state index contributed by atoms with van der Waals surface area (Å²) in [5.41, 5.74) is 4.34. The van der Waals surface area contributed by atoms with Gasteiger partial charge in [0.2, 0.25) is 5.88 Å². The van der Waals surface area contributed by atoms with Crippen LogP contribution in [0.25, 0.3) is 0 Å². The molecular formula is C21H22N3O. The minimum Gasteiger partial charge on any atom is -0.437 e. The summed E-state index contributed by atoms with van der Waals surface area (Å²) in [5, 5.41) is 0. The average molecular weight is 332 g/mol. The van der Waals surface area contributed by atoms with E-state index in [1.807, 2.05) is 37.3 Å². The molecule has 1 heterocycles. The third-order valence-corrected chi connectivity index (χ3v) is 3.78. The summed E-state index contributed by atoms with van der Waals surface area (Å²) in [5.74, 6) is 1.28. The molecule has 0 amide bonds. The quantitative estimate of drug-likeness (QED) is 0.671. The standard InChI is InChI=1S/C21H22N3O/c1-16-7-9-18(10-8-16)14-24(3)15-19-5-4-6-20(11-19)25-21-13-22-12-17(2)23-21/h4-13H,1,14-15H2,2-3H3. The van der Waals surface area contributed by atoms with Gasteiger partial charge in [0.05, 0.1) is 11.9 Å². The Bertz CT molecular complexity index is 831. The van der Waals surface area contributed by atoms with Gasteiger partial charge in [-0.15, -0.1) is 0 Å². The van der Waals surface area contributed by atoms with Crippen molar-refractivity contribution in [1.82, 2.24) is 14.9 Å². The lowest BCUT2D eigenvalue weighted by Gasteiger charge is -2.17. The molecule has 0 aliphatic carbocycles. The summed E-state index contributed by atoms with van der Waals surface area (Å²) >= 11 is 0. The first-order valence-electron chi connectivity index (χ1n) is 8.23. The number of ether oxygens (including phenoxy) is 1. The molecule has 4 heteroatoms. The third kappa shape index (κ3) is 5.13. The van der Waals surface area contributed by atoms with Crippen molar-refractivity contribution in [2.75, 3.05) is 7.05 Å². The van der Waals surface area contributed by atoms with Gasteiger partial charge in [0.25, 0.3) is 0 Å². The molecule has 127 valence electrons. The molecule has 0 N–H and O–H groups in total. The molecule has 0 spiro atoms. The third-order valence-electron chi connectivity index (χ3n) is 3.78. The summed E-state index contributed by atoms with van der Waals surface area (Å²) in [6, 6.07) is 16.4. The number of aromatic nitrogens is 2. The maximum Gasteiger partial charge on any atom is 0.238 e. The molecule has 0 saturated carbocycles. The van der Waals surface area contributed by atoms with Crippen molar-refractivity contribution in [3.8, 4) is 11.6 Å². The predicted molar refractivity (Wildman–Crippen MR) is 99.4 cm³/mol. The van der Waals surface area contributed by atoms with E-state index >= 15 is 0 Å². The Morgan fingerprint density at radius 2 is 1.76 bits per heavy atom. The normalized spacial score (nSPS) is 10.9. The number of nitrogens with zero attached hydrogens (tertiary/aromatic N) is 3. The molecule has 0 unspecified atom stereocenters. The second-order valence-electron chi connectivity index (χ2n) is 6.24. The van der Waals surface area contributed by atoms with Crippen LogP contribution < -0.4 is 4.74 Å². The van der Waals surface area contributed by atoms with Crippen LogP contribution in [-0.2, 0) is 13.1 Å². The maximum atomic E-state index is 5.81. The fourth-order valence-corrected chi connectivity index (χ4v) is 2.64. The van der Waals surface area contributed by atoms with Crippen molar-refractivity contribution < 1.29 is 4.74 Å². The van der Waals surface area contributed by atoms with Crippen LogP contribution in [0.3, 0.4) is 0 Å². The van der Waals surface area contributed by atoms with Gasteiger partial charge < -0.3 is 4.74 Å². The fourth-order valence-electron chi connectivity index (χ4n) is 2.64. The van der Waals surface area contributed by atoms with E-state index < -0.39 is 0 Å². The first kappa shape index (κ1) is 17.1. The highest BCUT2D eigenvalue weighted by Crippen LogP contribution is 2.21. The highest BCUT2D eigenvalue weighted by Gasteiger charge is 2.05. The molecule has 0 fully saturated rings. The molecule has 25 heavy (non-hydrogen) atoms. The predicted octanol–water partition coefficient (Wildman–Crippen LogP) is 4.39. The van der Waals surface area contributed by atoms with E-state index in [9.17, 15) is 0 Å². The lowest BCUT2D eigenvalue weighted by atomic mass is 10.1. The second kappa shape index (κ2) is 7.90. The summed E-state index contributed by atoms with van der Waals surface area (Å²) in [7, 11) is 2.11. The van der Waals surface area contributed by atoms with Crippen LogP contribution in [-0.4, -0.2) is 21.9 Å². The lowest BCUT2D eigenvalue weighted by molar-refractivity contribution is 0.318. The van der Waals surface area contributed by atoms with Crippen molar-refractivity contribution in [2.45, 2.75) is 20.0 Å². The number of hydrogen-bond donors (Lipinski definition) is 0. The zero-order chi connectivity index (χ0) is 17.6. The number of hydrogen-bond acceptors (Lipinski definition) is 4. The smallest absolute Gasteiger partial charge is 0.238 e. The molecule has 0 atom stereocenters. The van der Waals surface area contributed by atoms with Crippen molar-refractivity contribution in [1.29, 1.82) is 0 Å². The first-order valence-corrected chi connectivity index (χ1v) is 8.23. The van der Waals surface area contributed by atoms with E-state index in [1.54, 1.807) is 12.4 Å². The highest BCUT2D eigenvalue weighted by atomic mass is 16.5.